The summed E-state index contributed by atoms with van der Waals surface area (Å²) in [6.07, 6.45) is 8.89. The van der Waals surface area contributed by atoms with Gasteiger partial charge in [0.15, 0.2) is 0 Å². The largest absolute Gasteiger partial charge is 0.396 e. The maximum atomic E-state index is 8.58. The number of rotatable bonds is 11. The maximum absolute atomic E-state index is 8.58. The highest BCUT2D eigenvalue weighted by atomic mass is 16.6. The predicted octanol–water partition coefficient (Wildman–Crippen LogP) is 2.76. The summed E-state index contributed by atoms with van der Waals surface area (Å²) in [5.41, 5.74) is 0.505. The van der Waals surface area contributed by atoms with Crippen LogP contribution in [0.25, 0.3) is 0 Å². The minimum Gasteiger partial charge on any atom is -0.396 e. The van der Waals surface area contributed by atoms with Gasteiger partial charge in [0.05, 0.1) is 39.6 Å². The highest BCUT2D eigenvalue weighted by Crippen LogP contribution is 2.22. The molecule has 0 amide bonds. The number of epoxide rings is 1. The summed E-state index contributed by atoms with van der Waals surface area (Å²) in [6.45, 7) is 9.97. The summed E-state index contributed by atoms with van der Waals surface area (Å²) in [7, 11) is 0. The number of hydrogen-bond donors (Lipinski definition) is 3. The zero-order chi connectivity index (χ0) is 17.8. The molecule has 142 valence electrons. The van der Waals surface area contributed by atoms with E-state index in [1.54, 1.807) is 0 Å². The molecule has 1 fully saturated rings. The van der Waals surface area contributed by atoms with Crippen molar-refractivity contribution in [1.82, 2.24) is 0 Å². The Morgan fingerprint density at radius 1 is 0.739 bits per heavy atom. The zero-order valence-electron chi connectivity index (χ0n) is 15.6. The molecule has 23 heavy (non-hydrogen) atoms. The fraction of sp³-hybridized carbons (Fsp3) is 1.00. The second kappa shape index (κ2) is 19.8. The van der Waals surface area contributed by atoms with E-state index in [9.17, 15) is 0 Å². The first kappa shape index (κ1) is 25.0. The van der Waals surface area contributed by atoms with Crippen LogP contribution in [0.2, 0.25) is 0 Å². The lowest BCUT2D eigenvalue weighted by Gasteiger charge is -2.17. The Balaban J connectivity index is 0. The van der Waals surface area contributed by atoms with Crippen LogP contribution in [0.5, 0.6) is 0 Å². The molecule has 0 saturated carbocycles. The van der Waals surface area contributed by atoms with Gasteiger partial charge in [-0.25, -0.2) is 0 Å². The third-order valence-corrected chi connectivity index (χ3v) is 3.01. The van der Waals surface area contributed by atoms with Gasteiger partial charge in [0.2, 0.25) is 0 Å². The highest BCUT2D eigenvalue weighted by Gasteiger charge is 2.08. The van der Waals surface area contributed by atoms with Crippen LogP contribution in [0, 0.1) is 5.41 Å². The molecule has 3 N–H and O–H groups in total. The summed E-state index contributed by atoms with van der Waals surface area (Å²) in [4.78, 5) is 0. The maximum Gasteiger partial charge on any atom is 0.0701 e. The minimum absolute atomic E-state index is 0.0278. The van der Waals surface area contributed by atoms with Crippen molar-refractivity contribution in [3.05, 3.63) is 0 Å². The molecule has 5 heteroatoms. The van der Waals surface area contributed by atoms with Crippen molar-refractivity contribution >= 4 is 0 Å². The van der Waals surface area contributed by atoms with Gasteiger partial charge in [0.1, 0.15) is 0 Å². The van der Waals surface area contributed by atoms with Crippen molar-refractivity contribution < 1.29 is 24.8 Å². The number of aliphatic hydroxyl groups excluding tert-OH is 3. The van der Waals surface area contributed by atoms with Gasteiger partial charge in [-0.1, -0.05) is 52.9 Å². The van der Waals surface area contributed by atoms with E-state index in [2.05, 4.69) is 30.2 Å². The van der Waals surface area contributed by atoms with Crippen molar-refractivity contribution in [2.45, 2.75) is 65.7 Å². The lowest BCUT2D eigenvalue weighted by Crippen LogP contribution is -2.03. The molecule has 0 spiro atoms. The standard InChI is InChI=1S/C12H26O.C4H10O3.C2H4O/c1-12(2,3)10-8-6-4-5-7-9-11-13;5-1-3-7-4-2-6;1-2-3-1/h13H,4-11H2,1-3H3;5-6H,1-4H2;1-2H2. The van der Waals surface area contributed by atoms with E-state index in [1.165, 1.54) is 38.5 Å². The Kier molecular flexibility index (Phi) is 21.6. The Morgan fingerprint density at radius 2 is 1.17 bits per heavy atom. The molecule has 0 aromatic carbocycles. The fourth-order valence-corrected chi connectivity index (χ4v) is 1.71. The third kappa shape index (κ3) is 39.0. The van der Waals surface area contributed by atoms with Crippen LogP contribution >= 0.6 is 0 Å². The van der Waals surface area contributed by atoms with Gasteiger partial charge in [0.25, 0.3) is 0 Å². The summed E-state index contributed by atoms with van der Waals surface area (Å²) in [5.74, 6) is 0. The molecular weight excluding hydrogens is 296 g/mol. The minimum atomic E-state index is 0.0278. The predicted molar refractivity (Wildman–Crippen MR) is 94.7 cm³/mol. The first-order valence-corrected chi connectivity index (χ1v) is 8.96. The van der Waals surface area contributed by atoms with E-state index in [1.807, 2.05) is 0 Å². The van der Waals surface area contributed by atoms with Crippen LogP contribution in [0.15, 0.2) is 0 Å². The van der Waals surface area contributed by atoms with Crippen LogP contribution in [0.1, 0.15) is 65.7 Å². The van der Waals surface area contributed by atoms with Crippen molar-refractivity contribution in [3.8, 4) is 0 Å². The van der Waals surface area contributed by atoms with E-state index in [4.69, 9.17) is 15.3 Å². The lowest BCUT2D eigenvalue weighted by molar-refractivity contribution is 0.0650. The first-order chi connectivity index (χ1) is 11.0. The van der Waals surface area contributed by atoms with E-state index in [-0.39, 0.29) is 13.2 Å². The fourth-order valence-electron chi connectivity index (χ4n) is 1.71. The van der Waals surface area contributed by atoms with Gasteiger partial charge in [-0.15, -0.1) is 0 Å². The molecule has 0 aromatic heterocycles. The monoisotopic (exact) mass is 336 g/mol. The van der Waals surface area contributed by atoms with E-state index < -0.39 is 0 Å². The molecule has 0 atom stereocenters. The molecule has 0 aliphatic carbocycles. The summed E-state index contributed by atoms with van der Waals surface area (Å²) in [5, 5.41) is 24.7. The van der Waals surface area contributed by atoms with Gasteiger partial charge in [0, 0.05) is 6.61 Å². The molecule has 0 bridgehead atoms. The summed E-state index contributed by atoms with van der Waals surface area (Å²) < 4.78 is 9.13. The van der Waals surface area contributed by atoms with Crippen molar-refractivity contribution in [1.29, 1.82) is 0 Å². The number of unbranched alkanes of at least 4 members (excludes halogenated alkanes) is 5. The molecule has 1 heterocycles. The van der Waals surface area contributed by atoms with Crippen LogP contribution < -0.4 is 0 Å². The van der Waals surface area contributed by atoms with Gasteiger partial charge >= 0.3 is 0 Å². The van der Waals surface area contributed by atoms with Crippen molar-refractivity contribution in [3.63, 3.8) is 0 Å². The van der Waals surface area contributed by atoms with Gasteiger partial charge in [-0.3, -0.25) is 0 Å². The lowest BCUT2D eigenvalue weighted by atomic mass is 9.89. The van der Waals surface area contributed by atoms with E-state index in [0.717, 1.165) is 19.6 Å². The second-order valence-corrected chi connectivity index (χ2v) is 6.83. The smallest absolute Gasteiger partial charge is 0.0701 e. The number of ether oxygens (including phenoxy) is 2. The number of hydrogen-bond acceptors (Lipinski definition) is 5. The molecule has 5 nitrogen and oxygen atoms in total. The van der Waals surface area contributed by atoms with Crippen LogP contribution in [0.4, 0.5) is 0 Å². The molecule has 1 aliphatic heterocycles. The highest BCUT2D eigenvalue weighted by molar-refractivity contribution is 4.60. The normalized spacial score (nSPS) is 12.8. The van der Waals surface area contributed by atoms with Crippen LogP contribution in [-0.2, 0) is 9.47 Å². The van der Waals surface area contributed by atoms with Crippen LogP contribution in [-0.4, -0.2) is 61.6 Å². The molecular formula is C18H40O5. The molecule has 0 radical (unpaired) electrons. The average molecular weight is 337 g/mol. The third-order valence-electron chi connectivity index (χ3n) is 3.01. The van der Waals surface area contributed by atoms with Gasteiger partial charge in [-0.2, -0.15) is 0 Å². The first-order valence-electron chi connectivity index (χ1n) is 8.96. The zero-order valence-corrected chi connectivity index (χ0v) is 15.6. The second-order valence-electron chi connectivity index (χ2n) is 6.83. The Bertz CT molecular complexity index is 195. The topological polar surface area (TPSA) is 82.5 Å². The molecule has 1 rings (SSSR count). The average Bonchev–Trinajstić information content (AvgIpc) is 3.35. The SMILES string of the molecule is C1CO1.CC(C)(C)CCCCCCCCO.OCCOCCO. The van der Waals surface area contributed by atoms with Gasteiger partial charge in [-0.05, 0) is 18.3 Å². The molecule has 1 saturated heterocycles. The van der Waals surface area contributed by atoms with Crippen molar-refractivity contribution in [2.75, 3.05) is 46.2 Å². The quantitative estimate of drug-likeness (QED) is 0.399. The van der Waals surface area contributed by atoms with Crippen molar-refractivity contribution in [2.24, 2.45) is 5.41 Å². The summed E-state index contributed by atoms with van der Waals surface area (Å²) in [6, 6.07) is 0. The Hall–Kier alpha value is -0.200. The molecule has 1 aliphatic rings. The Labute approximate surface area is 143 Å². The van der Waals surface area contributed by atoms with Gasteiger partial charge < -0.3 is 24.8 Å². The number of aliphatic hydroxyl groups is 3. The van der Waals surface area contributed by atoms with Crippen LogP contribution in [0.3, 0.4) is 0 Å². The van der Waals surface area contributed by atoms with E-state index in [0.29, 0.717) is 25.2 Å². The van der Waals surface area contributed by atoms with E-state index >= 15 is 0 Å². The molecule has 0 aromatic rings. The summed E-state index contributed by atoms with van der Waals surface area (Å²) >= 11 is 0. The molecule has 0 unspecified atom stereocenters. The Morgan fingerprint density at radius 3 is 1.52 bits per heavy atom.